The summed E-state index contributed by atoms with van der Waals surface area (Å²) < 4.78 is 64.9. The molecule has 3 atom stereocenters. The third-order valence-corrected chi connectivity index (χ3v) is 11.0. The van der Waals surface area contributed by atoms with Gasteiger partial charge in [-0.25, -0.2) is 13.4 Å². The van der Waals surface area contributed by atoms with Crippen LogP contribution in [0.1, 0.15) is 68.6 Å². The standard InChI is InChI=1S/C28H37F3N4O3S2/c1-4-40(37,38)21-10-5-18(6-11-21)13-24(36)32-27-33-25-22(39-27)16-34(26(25)17(2)3)14-19-7-12-23(28(29,30)31)35(15-19)20-8-9-20/h5-6,10-11,17,19-20,23,26H,4,7-9,12-16H2,1-3H3,(H,32,33,36)/t19-,23-,26+/m1/s1. The summed E-state index contributed by atoms with van der Waals surface area (Å²) in [6.45, 7) is 7.76. The number of thiazole rings is 1. The molecule has 220 valence electrons. The van der Waals surface area contributed by atoms with Crippen LogP contribution >= 0.6 is 11.3 Å². The van der Waals surface area contributed by atoms with Crippen molar-refractivity contribution >= 4 is 32.2 Å². The quantitative estimate of drug-likeness (QED) is 0.414. The summed E-state index contributed by atoms with van der Waals surface area (Å²) in [6, 6.07) is 5.19. The van der Waals surface area contributed by atoms with Crippen LogP contribution in [0, 0.1) is 11.8 Å². The van der Waals surface area contributed by atoms with Gasteiger partial charge in [0.05, 0.1) is 28.8 Å². The first-order chi connectivity index (χ1) is 18.9. The highest BCUT2D eigenvalue weighted by molar-refractivity contribution is 7.91. The summed E-state index contributed by atoms with van der Waals surface area (Å²) in [4.78, 5) is 22.9. The Morgan fingerprint density at radius 3 is 2.45 bits per heavy atom. The SMILES string of the molecule is CCS(=O)(=O)c1ccc(CC(=O)Nc2nc3c(s2)CN(C[C@H]2CC[C@H](C(F)(F)F)N(C4CC4)C2)[C@H]3C(C)C)cc1. The molecule has 1 aromatic carbocycles. The van der Waals surface area contributed by atoms with Gasteiger partial charge < -0.3 is 5.32 Å². The van der Waals surface area contributed by atoms with Crippen molar-refractivity contribution in [2.45, 2.75) is 88.6 Å². The number of aromatic nitrogens is 1. The minimum atomic E-state index is -4.17. The lowest BCUT2D eigenvalue weighted by molar-refractivity contribution is -0.197. The van der Waals surface area contributed by atoms with Crippen molar-refractivity contribution in [2.24, 2.45) is 11.8 Å². The van der Waals surface area contributed by atoms with E-state index in [1.807, 2.05) is 0 Å². The van der Waals surface area contributed by atoms with Crippen molar-refractivity contribution in [1.82, 2.24) is 14.8 Å². The van der Waals surface area contributed by atoms with E-state index in [4.69, 9.17) is 4.98 Å². The Morgan fingerprint density at radius 1 is 1.15 bits per heavy atom. The Hall–Kier alpha value is -2.02. The zero-order chi connectivity index (χ0) is 28.8. The van der Waals surface area contributed by atoms with E-state index in [0.717, 1.165) is 30.0 Å². The first-order valence-electron chi connectivity index (χ1n) is 14.0. The van der Waals surface area contributed by atoms with Gasteiger partial charge in [-0.2, -0.15) is 13.2 Å². The van der Waals surface area contributed by atoms with Crippen LogP contribution < -0.4 is 5.32 Å². The van der Waals surface area contributed by atoms with Gasteiger partial charge in [-0.15, -0.1) is 11.3 Å². The second-order valence-corrected chi connectivity index (χ2v) is 15.0. The molecule has 1 aliphatic carbocycles. The third kappa shape index (κ3) is 6.39. The fraction of sp³-hybridized carbons (Fsp3) is 0.643. The molecule has 2 aliphatic heterocycles. The summed E-state index contributed by atoms with van der Waals surface area (Å²) in [5.41, 5.74) is 1.66. The van der Waals surface area contributed by atoms with E-state index in [0.29, 0.717) is 30.2 Å². The van der Waals surface area contributed by atoms with Crippen molar-refractivity contribution < 1.29 is 26.4 Å². The van der Waals surface area contributed by atoms with Gasteiger partial charge in [0.15, 0.2) is 15.0 Å². The number of benzene rings is 1. The predicted octanol–water partition coefficient (Wildman–Crippen LogP) is 5.44. The van der Waals surface area contributed by atoms with Crippen LogP contribution in [0.25, 0.3) is 0 Å². The molecule has 1 saturated heterocycles. The Bertz CT molecular complexity index is 1320. The Morgan fingerprint density at radius 2 is 1.85 bits per heavy atom. The molecule has 0 radical (unpaired) electrons. The maximum absolute atomic E-state index is 13.6. The van der Waals surface area contributed by atoms with Gasteiger partial charge in [0.1, 0.15) is 6.04 Å². The lowest BCUT2D eigenvalue weighted by atomic mass is 9.90. The van der Waals surface area contributed by atoms with Crippen LogP contribution in [0.5, 0.6) is 0 Å². The third-order valence-electron chi connectivity index (χ3n) is 8.26. The van der Waals surface area contributed by atoms with Crippen LogP contribution in [0.4, 0.5) is 18.3 Å². The number of likely N-dealkylation sites (tertiary alicyclic amines) is 1. The molecule has 1 saturated carbocycles. The average molecular weight is 599 g/mol. The molecule has 40 heavy (non-hydrogen) atoms. The Balaban J connectivity index is 1.20. The minimum Gasteiger partial charge on any atom is -0.302 e. The molecule has 0 bridgehead atoms. The number of piperidine rings is 1. The molecule has 5 rings (SSSR count). The Labute approximate surface area is 238 Å². The zero-order valence-corrected chi connectivity index (χ0v) is 24.7. The maximum Gasteiger partial charge on any atom is 0.404 e. The fourth-order valence-electron chi connectivity index (χ4n) is 6.18. The fourth-order valence-corrected chi connectivity index (χ4v) is 8.11. The largest absolute Gasteiger partial charge is 0.404 e. The molecule has 1 N–H and O–H groups in total. The molecule has 7 nitrogen and oxygen atoms in total. The normalized spacial score (nSPS) is 24.4. The molecule has 0 spiro atoms. The monoisotopic (exact) mass is 598 g/mol. The van der Waals surface area contributed by atoms with Crippen LogP contribution in [0.15, 0.2) is 29.2 Å². The molecular weight excluding hydrogens is 561 g/mol. The van der Waals surface area contributed by atoms with Gasteiger partial charge in [-0.1, -0.05) is 32.9 Å². The first-order valence-corrected chi connectivity index (χ1v) is 16.5. The molecule has 0 unspecified atom stereocenters. The van der Waals surface area contributed by atoms with Gasteiger partial charge in [0.2, 0.25) is 5.91 Å². The van der Waals surface area contributed by atoms with E-state index in [-0.39, 0.29) is 53.3 Å². The second kappa shape index (κ2) is 11.3. The lowest BCUT2D eigenvalue weighted by Crippen LogP contribution is -2.53. The summed E-state index contributed by atoms with van der Waals surface area (Å²) in [6.07, 6.45) is -1.61. The van der Waals surface area contributed by atoms with Crippen molar-refractivity contribution in [1.29, 1.82) is 0 Å². The van der Waals surface area contributed by atoms with Gasteiger partial charge in [0, 0.05) is 30.6 Å². The van der Waals surface area contributed by atoms with Gasteiger partial charge >= 0.3 is 6.18 Å². The molecule has 12 heteroatoms. The molecule has 2 fully saturated rings. The number of carbonyl (C=O) groups excluding carboxylic acids is 1. The van der Waals surface area contributed by atoms with Crippen molar-refractivity contribution in [3.05, 3.63) is 40.4 Å². The number of amides is 1. The van der Waals surface area contributed by atoms with Gasteiger partial charge in [-0.05, 0) is 55.2 Å². The summed E-state index contributed by atoms with van der Waals surface area (Å²) in [7, 11) is -3.29. The molecule has 1 amide bonds. The van der Waals surface area contributed by atoms with Crippen LogP contribution in [0.2, 0.25) is 0 Å². The minimum absolute atomic E-state index is 0.0223. The number of alkyl halides is 3. The summed E-state index contributed by atoms with van der Waals surface area (Å²) in [5, 5.41) is 3.43. The topological polar surface area (TPSA) is 82.6 Å². The van der Waals surface area contributed by atoms with Crippen LogP contribution in [-0.2, 0) is 27.6 Å². The van der Waals surface area contributed by atoms with E-state index < -0.39 is 22.1 Å². The lowest BCUT2D eigenvalue weighted by Gasteiger charge is -2.42. The number of halogens is 3. The number of fused-ring (bicyclic) bond motifs is 1. The van der Waals surface area contributed by atoms with E-state index in [1.54, 1.807) is 24.0 Å². The first kappa shape index (κ1) is 29.5. The molecule has 3 heterocycles. The summed E-state index contributed by atoms with van der Waals surface area (Å²) in [5.74, 6) is 0.246. The number of hydrogen-bond donors (Lipinski definition) is 1. The van der Waals surface area contributed by atoms with E-state index in [9.17, 15) is 26.4 Å². The van der Waals surface area contributed by atoms with Crippen molar-refractivity contribution in [3.63, 3.8) is 0 Å². The van der Waals surface area contributed by atoms with Crippen molar-refractivity contribution in [3.8, 4) is 0 Å². The molecule has 1 aromatic heterocycles. The number of carbonyl (C=O) groups is 1. The average Bonchev–Trinajstić information content (AvgIpc) is 3.58. The second-order valence-electron chi connectivity index (χ2n) is 11.6. The van der Waals surface area contributed by atoms with Crippen molar-refractivity contribution in [2.75, 3.05) is 24.2 Å². The highest BCUT2D eigenvalue weighted by atomic mass is 32.2. The molecule has 3 aliphatic rings. The number of sulfone groups is 1. The summed E-state index contributed by atoms with van der Waals surface area (Å²) >= 11 is 1.45. The highest BCUT2D eigenvalue weighted by Crippen LogP contribution is 2.45. The van der Waals surface area contributed by atoms with Gasteiger partial charge in [0.25, 0.3) is 0 Å². The van der Waals surface area contributed by atoms with Gasteiger partial charge in [-0.3, -0.25) is 14.6 Å². The predicted molar refractivity (Wildman–Crippen MR) is 149 cm³/mol. The number of rotatable bonds is 9. The Kier molecular flexibility index (Phi) is 8.35. The van der Waals surface area contributed by atoms with E-state index >= 15 is 0 Å². The zero-order valence-electron chi connectivity index (χ0n) is 23.1. The number of nitrogens with zero attached hydrogens (tertiary/aromatic N) is 3. The molecular formula is C28H37F3N4O3S2. The smallest absolute Gasteiger partial charge is 0.302 e. The highest BCUT2D eigenvalue weighted by Gasteiger charge is 2.50. The number of hydrogen-bond acceptors (Lipinski definition) is 7. The molecule has 2 aromatic rings. The van der Waals surface area contributed by atoms with E-state index in [1.165, 1.54) is 23.5 Å². The van der Waals surface area contributed by atoms with E-state index in [2.05, 4.69) is 24.1 Å². The number of anilines is 1. The maximum atomic E-state index is 13.6. The van der Waals surface area contributed by atoms with Crippen LogP contribution in [-0.4, -0.2) is 66.2 Å². The number of nitrogens with one attached hydrogen (secondary N) is 1. The van der Waals surface area contributed by atoms with Crippen LogP contribution in [0.3, 0.4) is 0 Å².